The van der Waals surface area contributed by atoms with Crippen molar-refractivity contribution >= 4 is 0 Å². The third kappa shape index (κ3) is 2.08. The van der Waals surface area contributed by atoms with Crippen LogP contribution in [0.4, 0.5) is 0 Å². The van der Waals surface area contributed by atoms with Crippen LogP contribution < -0.4 is 5.32 Å². The molecule has 1 aliphatic heterocycles. The van der Waals surface area contributed by atoms with E-state index >= 15 is 0 Å². The summed E-state index contributed by atoms with van der Waals surface area (Å²) in [5.41, 5.74) is 2.56. The molecule has 1 unspecified atom stereocenters. The average molecular weight is 176 g/mol. The lowest BCUT2D eigenvalue weighted by molar-refractivity contribution is 0.0745. The molecule has 1 atom stereocenters. The van der Waals surface area contributed by atoms with Gasteiger partial charge in [-0.1, -0.05) is 29.8 Å². The molecule has 0 spiro atoms. The first-order valence-electron chi connectivity index (χ1n) is 4.67. The van der Waals surface area contributed by atoms with Gasteiger partial charge in [0.05, 0.1) is 19.3 Å². The number of nitrogens with zero attached hydrogens (tertiary/aromatic N) is 1. The van der Waals surface area contributed by atoms with Crippen LogP contribution in [-0.4, -0.2) is 19.8 Å². The highest BCUT2D eigenvalue weighted by Crippen LogP contribution is 2.17. The molecule has 0 bridgehead atoms. The van der Waals surface area contributed by atoms with Gasteiger partial charge in [-0.05, 0) is 12.5 Å². The summed E-state index contributed by atoms with van der Waals surface area (Å²) in [6.45, 7) is 4.45. The molecule has 1 heterocycles. The molecule has 1 saturated heterocycles. The second-order valence-electron chi connectivity index (χ2n) is 3.41. The van der Waals surface area contributed by atoms with Gasteiger partial charge in [-0.25, -0.2) is 5.32 Å². The van der Waals surface area contributed by atoms with E-state index in [-0.39, 0.29) is 6.04 Å². The molecule has 0 N–H and O–H groups in total. The molecule has 2 heteroatoms. The molecule has 1 radical (unpaired) electrons. The fourth-order valence-corrected chi connectivity index (χ4v) is 1.51. The number of hydrogen-bond acceptors (Lipinski definition) is 1. The van der Waals surface area contributed by atoms with E-state index in [0.717, 1.165) is 19.8 Å². The highest BCUT2D eigenvalue weighted by Gasteiger charge is 2.15. The van der Waals surface area contributed by atoms with Crippen LogP contribution in [0, 0.1) is 6.92 Å². The van der Waals surface area contributed by atoms with Crippen LogP contribution in [-0.2, 0) is 4.74 Å². The van der Waals surface area contributed by atoms with Crippen molar-refractivity contribution in [2.75, 3.05) is 19.8 Å². The Labute approximate surface area is 78.9 Å². The van der Waals surface area contributed by atoms with Crippen molar-refractivity contribution < 1.29 is 4.74 Å². The van der Waals surface area contributed by atoms with Gasteiger partial charge >= 0.3 is 0 Å². The van der Waals surface area contributed by atoms with E-state index in [1.165, 1.54) is 11.1 Å². The predicted molar refractivity (Wildman–Crippen MR) is 51.7 cm³/mol. The molecule has 0 aromatic heterocycles. The zero-order valence-corrected chi connectivity index (χ0v) is 7.86. The Balaban J connectivity index is 2.10. The maximum Gasteiger partial charge on any atom is 0.0730 e. The van der Waals surface area contributed by atoms with E-state index in [9.17, 15) is 0 Å². The maximum absolute atomic E-state index is 5.37. The first-order chi connectivity index (χ1) is 6.36. The van der Waals surface area contributed by atoms with Gasteiger partial charge < -0.3 is 4.74 Å². The summed E-state index contributed by atoms with van der Waals surface area (Å²) in [6, 6.07) is 8.78. The molecular weight excluding hydrogens is 162 g/mol. The van der Waals surface area contributed by atoms with E-state index in [1.54, 1.807) is 0 Å². The fourth-order valence-electron chi connectivity index (χ4n) is 1.51. The van der Waals surface area contributed by atoms with Crippen LogP contribution in [0.5, 0.6) is 0 Å². The molecule has 69 valence electrons. The van der Waals surface area contributed by atoms with Crippen LogP contribution in [0.1, 0.15) is 17.2 Å². The summed E-state index contributed by atoms with van der Waals surface area (Å²) >= 11 is 0. The third-order valence-corrected chi connectivity index (χ3v) is 2.32. The molecule has 1 aromatic rings. The molecule has 0 aliphatic carbocycles. The van der Waals surface area contributed by atoms with E-state index in [1.807, 2.05) is 0 Å². The summed E-state index contributed by atoms with van der Waals surface area (Å²) in [4.78, 5) is 0. The van der Waals surface area contributed by atoms with Gasteiger partial charge in [-0.3, -0.25) is 0 Å². The van der Waals surface area contributed by atoms with Crippen LogP contribution in [0.3, 0.4) is 0 Å². The molecule has 0 saturated carbocycles. The fraction of sp³-hybridized carbons (Fsp3) is 0.455. The molecule has 1 aliphatic rings. The van der Waals surface area contributed by atoms with E-state index < -0.39 is 0 Å². The van der Waals surface area contributed by atoms with Crippen molar-refractivity contribution in [3.63, 3.8) is 0 Å². The number of benzene rings is 1. The number of rotatable bonds is 1. The molecular formula is C11H14NO. The van der Waals surface area contributed by atoms with Crippen molar-refractivity contribution in [1.82, 2.24) is 5.32 Å². The Hall–Kier alpha value is -0.860. The van der Waals surface area contributed by atoms with Crippen molar-refractivity contribution in [3.05, 3.63) is 35.4 Å². The van der Waals surface area contributed by atoms with Gasteiger partial charge in [0.25, 0.3) is 0 Å². The van der Waals surface area contributed by atoms with Crippen LogP contribution in [0.2, 0.25) is 0 Å². The zero-order chi connectivity index (χ0) is 9.10. The van der Waals surface area contributed by atoms with E-state index in [4.69, 9.17) is 4.74 Å². The Kier molecular flexibility index (Phi) is 2.62. The summed E-state index contributed by atoms with van der Waals surface area (Å²) < 4.78 is 5.37. The van der Waals surface area contributed by atoms with E-state index in [2.05, 4.69) is 36.5 Å². The third-order valence-electron chi connectivity index (χ3n) is 2.32. The van der Waals surface area contributed by atoms with Gasteiger partial charge in [0.2, 0.25) is 0 Å². The highest BCUT2D eigenvalue weighted by molar-refractivity contribution is 5.24. The first kappa shape index (κ1) is 8.73. The topological polar surface area (TPSA) is 23.3 Å². The monoisotopic (exact) mass is 176 g/mol. The van der Waals surface area contributed by atoms with Gasteiger partial charge in [0, 0.05) is 6.54 Å². The molecule has 2 rings (SSSR count). The minimum absolute atomic E-state index is 0.259. The predicted octanol–water partition coefficient (Wildman–Crippen LogP) is 1.67. The molecule has 2 nitrogen and oxygen atoms in total. The summed E-state index contributed by atoms with van der Waals surface area (Å²) in [7, 11) is 0. The molecule has 1 aromatic carbocycles. The van der Waals surface area contributed by atoms with Gasteiger partial charge in [0.15, 0.2) is 0 Å². The average Bonchev–Trinajstić information content (AvgIpc) is 2.20. The zero-order valence-electron chi connectivity index (χ0n) is 7.86. The Morgan fingerprint density at radius 1 is 1.31 bits per heavy atom. The summed E-state index contributed by atoms with van der Waals surface area (Å²) in [5.74, 6) is 0. The quantitative estimate of drug-likeness (QED) is 0.638. The van der Waals surface area contributed by atoms with Gasteiger partial charge in [-0.2, -0.15) is 0 Å². The van der Waals surface area contributed by atoms with Crippen LogP contribution >= 0.6 is 0 Å². The minimum atomic E-state index is 0.259. The van der Waals surface area contributed by atoms with Crippen molar-refractivity contribution in [2.45, 2.75) is 13.0 Å². The van der Waals surface area contributed by atoms with Crippen molar-refractivity contribution in [3.8, 4) is 0 Å². The number of ether oxygens (including phenoxy) is 1. The number of morpholine rings is 1. The lowest BCUT2D eigenvalue weighted by Crippen LogP contribution is -2.29. The largest absolute Gasteiger partial charge is 0.378 e. The highest BCUT2D eigenvalue weighted by atomic mass is 16.5. The number of aryl methyl sites for hydroxylation is 1. The molecule has 0 amide bonds. The Morgan fingerprint density at radius 2 is 2.08 bits per heavy atom. The lowest BCUT2D eigenvalue weighted by Gasteiger charge is -2.22. The Morgan fingerprint density at radius 3 is 2.69 bits per heavy atom. The maximum atomic E-state index is 5.37. The second kappa shape index (κ2) is 3.90. The van der Waals surface area contributed by atoms with Gasteiger partial charge in [0.1, 0.15) is 0 Å². The SMILES string of the molecule is Cc1ccc(C2COCC[N]2)cc1. The Bertz CT molecular complexity index is 262. The minimum Gasteiger partial charge on any atom is -0.378 e. The molecule has 1 fully saturated rings. The van der Waals surface area contributed by atoms with Crippen LogP contribution in [0.25, 0.3) is 0 Å². The van der Waals surface area contributed by atoms with Crippen molar-refractivity contribution in [1.29, 1.82) is 0 Å². The van der Waals surface area contributed by atoms with Crippen LogP contribution in [0.15, 0.2) is 24.3 Å². The number of hydrogen-bond donors (Lipinski definition) is 0. The second-order valence-corrected chi connectivity index (χ2v) is 3.41. The van der Waals surface area contributed by atoms with Gasteiger partial charge in [-0.15, -0.1) is 0 Å². The smallest absolute Gasteiger partial charge is 0.0730 e. The first-order valence-corrected chi connectivity index (χ1v) is 4.67. The summed E-state index contributed by atoms with van der Waals surface area (Å²) in [5, 5.41) is 4.50. The summed E-state index contributed by atoms with van der Waals surface area (Å²) in [6.07, 6.45) is 0. The van der Waals surface area contributed by atoms with E-state index in [0.29, 0.717) is 0 Å². The lowest BCUT2D eigenvalue weighted by atomic mass is 10.1. The normalized spacial score (nSPS) is 23.0. The standard InChI is InChI=1S/C11H14NO/c1-9-2-4-10(5-3-9)11-8-13-7-6-12-11/h2-5,11H,6-8H2,1H3. The molecule has 13 heavy (non-hydrogen) atoms. The van der Waals surface area contributed by atoms with Crippen molar-refractivity contribution in [2.24, 2.45) is 0 Å².